The molecule has 7 unspecified atom stereocenters. The van der Waals surface area contributed by atoms with Crippen LogP contribution in [0, 0.1) is 46.3 Å². The highest BCUT2D eigenvalue weighted by Crippen LogP contribution is 2.68. The van der Waals surface area contributed by atoms with Crippen LogP contribution in [0.25, 0.3) is 0 Å². The van der Waals surface area contributed by atoms with Gasteiger partial charge >= 0.3 is 5.97 Å². The summed E-state index contributed by atoms with van der Waals surface area (Å²) in [6, 6.07) is 0. The van der Waals surface area contributed by atoms with Gasteiger partial charge in [-0.25, -0.2) is 4.79 Å². The van der Waals surface area contributed by atoms with Gasteiger partial charge in [0.15, 0.2) is 0 Å². The Morgan fingerprint density at radius 2 is 1.77 bits per heavy atom. The number of rotatable bonds is 5. The molecule has 2 nitrogen and oxygen atoms in total. The van der Waals surface area contributed by atoms with E-state index in [1.165, 1.54) is 57.8 Å². The third kappa shape index (κ3) is 3.66. The number of allylic oxidation sites excluding steroid dienone is 2. The maximum absolute atomic E-state index is 12.0. The summed E-state index contributed by atoms with van der Waals surface area (Å²) in [5, 5.41) is 0. The minimum atomic E-state index is -0.701. The van der Waals surface area contributed by atoms with Crippen LogP contribution in [0.2, 0.25) is 0 Å². The van der Waals surface area contributed by atoms with E-state index in [-0.39, 0.29) is 6.42 Å². The summed E-state index contributed by atoms with van der Waals surface area (Å²) in [4.78, 5) is 14.6. The van der Waals surface area contributed by atoms with Crippen LogP contribution < -0.4 is 0 Å². The van der Waals surface area contributed by atoms with Gasteiger partial charge in [0.05, 0.1) is 0 Å². The summed E-state index contributed by atoms with van der Waals surface area (Å²) in [6.45, 7) is 9.77. The minimum absolute atomic E-state index is 0.229. The zero-order chi connectivity index (χ0) is 21.5. The van der Waals surface area contributed by atoms with Crippen molar-refractivity contribution in [3.8, 4) is 0 Å². The van der Waals surface area contributed by atoms with E-state index in [0.29, 0.717) is 16.7 Å². The molecule has 4 aliphatic rings. The van der Waals surface area contributed by atoms with Gasteiger partial charge in [0.2, 0.25) is 0 Å². The molecular formula is C27H43FO2. The largest absolute Gasteiger partial charge is 0.348 e. The fourth-order valence-corrected chi connectivity index (χ4v) is 9.02. The van der Waals surface area contributed by atoms with E-state index in [0.717, 1.165) is 42.4 Å². The maximum atomic E-state index is 12.0. The number of carbonyl (C=O) groups excluding carboxylic acids is 1. The van der Waals surface area contributed by atoms with Gasteiger partial charge in [-0.1, -0.05) is 25.5 Å². The number of hydrogen-bond donors (Lipinski definition) is 0. The molecule has 0 N–H and O–H groups in total. The van der Waals surface area contributed by atoms with Crippen molar-refractivity contribution in [3.63, 3.8) is 0 Å². The van der Waals surface area contributed by atoms with Crippen LogP contribution in [0.15, 0.2) is 11.6 Å². The SMILES string of the molecule is CC=C(C)C1CCC2(C)C(CCC3C2CCC2(C)C(CCCC(=O)OF)CC[C@@H]32)C1. The van der Waals surface area contributed by atoms with E-state index >= 15 is 0 Å². The summed E-state index contributed by atoms with van der Waals surface area (Å²) in [5.41, 5.74) is 2.60. The van der Waals surface area contributed by atoms with E-state index < -0.39 is 5.97 Å². The quantitative estimate of drug-likeness (QED) is 0.425. The number of fused-ring (bicyclic) bond motifs is 5. The monoisotopic (exact) mass is 418 g/mol. The fourth-order valence-electron chi connectivity index (χ4n) is 9.02. The summed E-state index contributed by atoms with van der Waals surface area (Å²) < 4.78 is 12.0. The van der Waals surface area contributed by atoms with Gasteiger partial charge in [-0.05, 0) is 131 Å². The van der Waals surface area contributed by atoms with Gasteiger partial charge in [0.1, 0.15) is 0 Å². The summed E-state index contributed by atoms with van der Waals surface area (Å²) in [6.07, 6.45) is 17.0. The van der Waals surface area contributed by atoms with Crippen LogP contribution >= 0.6 is 0 Å². The summed E-state index contributed by atoms with van der Waals surface area (Å²) in [5.74, 6) is 4.43. The van der Waals surface area contributed by atoms with E-state index in [9.17, 15) is 9.32 Å². The van der Waals surface area contributed by atoms with Crippen molar-refractivity contribution in [1.82, 2.24) is 0 Å². The minimum Gasteiger partial charge on any atom is -0.255 e. The molecule has 0 spiro atoms. The van der Waals surface area contributed by atoms with Crippen molar-refractivity contribution in [3.05, 3.63) is 11.6 Å². The molecular weight excluding hydrogens is 375 g/mol. The highest BCUT2D eigenvalue weighted by atomic mass is 19.3. The lowest BCUT2D eigenvalue weighted by Crippen LogP contribution is -2.53. The first kappa shape index (κ1) is 22.3. The topological polar surface area (TPSA) is 26.3 Å². The van der Waals surface area contributed by atoms with Gasteiger partial charge < -0.3 is 0 Å². The molecule has 4 fully saturated rings. The van der Waals surface area contributed by atoms with E-state index in [2.05, 4.69) is 38.7 Å². The first-order valence-electron chi connectivity index (χ1n) is 12.8. The summed E-state index contributed by atoms with van der Waals surface area (Å²) >= 11 is 0. The normalized spacial score (nSPS) is 46.0. The van der Waals surface area contributed by atoms with Gasteiger partial charge in [-0.15, -0.1) is 0 Å². The Morgan fingerprint density at radius 1 is 1.03 bits per heavy atom. The molecule has 170 valence electrons. The molecule has 0 bridgehead atoms. The second-order valence-electron chi connectivity index (χ2n) is 11.8. The predicted octanol–water partition coefficient (Wildman–Crippen LogP) is 7.83. The lowest BCUT2D eigenvalue weighted by molar-refractivity contribution is -0.183. The van der Waals surface area contributed by atoms with Gasteiger partial charge in [-0.3, -0.25) is 4.94 Å². The molecule has 4 aliphatic carbocycles. The van der Waals surface area contributed by atoms with Crippen LogP contribution in [-0.2, 0) is 9.74 Å². The van der Waals surface area contributed by atoms with E-state index in [1.54, 1.807) is 5.57 Å². The standard InChI is InChI=1S/C27H43FO2/c1-5-18(2)19-13-15-27(4)21(17-19)9-11-22-23-12-10-20(7-6-8-25(29)30-28)26(23,3)16-14-24(22)27/h5,19-24H,6-17H2,1-4H3/t19?,20?,21?,22?,23-,24?,26?,27?/m0/s1. The molecule has 0 amide bonds. The molecule has 0 aromatic rings. The van der Waals surface area contributed by atoms with Crippen LogP contribution in [0.3, 0.4) is 0 Å². The van der Waals surface area contributed by atoms with Crippen molar-refractivity contribution in [2.45, 2.75) is 105 Å². The smallest absolute Gasteiger partial charge is 0.255 e. The molecule has 0 aliphatic heterocycles. The Hall–Kier alpha value is -0.860. The highest BCUT2D eigenvalue weighted by molar-refractivity contribution is 5.68. The Labute approximate surface area is 183 Å². The Bertz CT molecular complexity index is 672. The molecule has 30 heavy (non-hydrogen) atoms. The first-order chi connectivity index (χ1) is 14.3. The maximum Gasteiger partial charge on any atom is 0.348 e. The Balaban J connectivity index is 1.44. The van der Waals surface area contributed by atoms with Gasteiger partial charge in [-0.2, -0.15) is 0 Å². The first-order valence-corrected chi connectivity index (χ1v) is 12.8. The zero-order valence-electron chi connectivity index (χ0n) is 19.7. The van der Waals surface area contributed by atoms with Crippen LogP contribution in [0.5, 0.6) is 0 Å². The molecule has 0 aromatic carbocycles. The van der Waals surface area contributed by atoms with Crippen molar-refractivity contribution in [1.29, 1.82) is 0 Å². The molecule has 4 saturated carbocycles. The third-order valence-corrected chi connectivity index (χ3v) is 11.0. The fraction of sp³-hybridized carbons (Fsp3) is 0.889. The Morgan fingerprint density at radius 3 is 2.50 bits per heavy atom. The second-order valence-corrected chi connectivity index (χ2v) is 11.8. The van der Waals surface area contributed by atoms with Crippen LogP contribution in [0.4, 0.5) is 4.53 Å². The number of hydrogen-bond acceptors (Lipinski definition) is 2. The second kappa shape index (κ2) is 8.58. The molecule has 0 saturated heterocycles. The number of halogens is 1. The molecule has 0 heterocycles. The lowest BCUT2D eigenvalue weighted by Gasteiger charge is -2.61. The number of carbonyl (C=O) groups is 1. The average Bonchev–Trinajstić information content (AvgIpc) is 3.08. The molecule has 0 radical (unpaired) electrons. The van der Waals surface area contributed by atoms with Crippen molar-refractivity contribution < 1.29 is 14.3 Å². The van der Waals surface area contributed by atoms with Gasteiger partial charge in [0.25, 0.3) is 0 Å². The van der Waals surface area contributed by atoms with Crippen molar-refractivity contribution in [2.24, 2.45) is 46.3 Å². The average molecular weight is 419 g/mol. The van der Waals surface area contributed by atoms with Crippen LogP contribution in [-0.4, -0.2) is 5.97 Å². The molecule has 3 heteroatoms. The van der Waals surface area contributed by atoms with Crippen molar-refractivity contribution in [2.75, 3.05) is 0 Å². The highest BCUT2D eigenvalue weighted by Gasteiger charge is 2.59. The van der Waals surface area contributed by atoms with E-state index in [4.69, 9.17) is 0 Å². The van der Waals surface area contributed by atoms with E-state index in [1.807, 2.05) is 0 Å². The molecule has 4 rings (SSSR count). The summed E-state index contributed by atoms with van der Waals surface area (Å²) in [7, 11) is 0. The van der Waals surface area contributed by atoms with Crippen LogP contribution in [0.1, 0.15) is 105 Å². The predicted molar refractivity (Wildman–Crippen MR) is 119 cm³/mol. The van der Waals surface area contributed by atoms with Crippen molar-refractivity contribution >= 4 is 5.97 Å². The molecule has 8 atom stereocenters. The van der Waals surface area contributed by atoms with Gasteiger partial charge in [0, 0.05) is 10.9 Å². The molecule has 0 aromatic heterocycles. The lowest BCUT2D eigenvalue weighted by atomic mass is 9.44. The zero-order valence-corrected chi connectivity index (χ0v) is 19.7. The third-order valence-electron chi connectivity index (χ3n) is 11.0. The Kier molecular flexibility index (Phi) is 6.39.